The number of amides is 3. The van der Waals surface area contributed by atoms with Gasteiger partial charge in [0.2, 0.25) is 23.7 Å². The first-order valence-electron chi connectivity index (χ1n) is 20.4. The van der Waals surface area contributed by atoms with E-state index in [1.54, 1.807) is 54.7 Å². The van der Waals surface area contributed by atoms with E-state index >= 15 is 4.39 Å². The fourth-order valence-corrected chi connectivity index (χ4v) is 8.92. The Morgan fingerprint density at radius 2 is 1.53 bits per heavy atom. The number of H-pyrrole nitrogens is 1. The zero-order valence-electron chi connectivity index (χ0n) is 32.3. The number of piperidine rings is 1. The van der Waals surface area contributed by atoms with Gasteiger partial charge in [0.1, 0.15) is 17.6 Å². The summed E-state index contributed by atoms with van der Waals surface area (Å²) in [5.41, 5.74) is 2.68. The molecule has 13 nitrogen and oxygen atoms in total. The first kappa shape index (κ1) is 39.1. The van der Waals surface area contributed by atoms with Crippen LogP contribution in [0.5, 0.6) is 0 Å². The number of hydrogen-bond acceptors (Lipinski definition) is 10. The molecule has 4 fully saturated rings. The lowest BCUT2D eigenvalue weighted by molar-refractivity contribution is -0.133. The van der Waals surface area contributed by atoms with Gasteiger partial charge in [-0.2, -0.15) is 0 Å². The van der Waals surface area contributed by atoms with Crippen LogP contribution in [0.2, 0.25) is 0 Å². The van der Waals surface area contributed by atoms with Crippen LogP contribution in [0.4, 0.5) is 26.1 Å². The van der Waals surface area contributed by atoms with Crippen LogP contribution < -0.4 is 31.7 Å². The molecule has 1 atom stereocenters. The monoisotopic (exact) mass is 793 g/mol. The number of aromatic amines is 1. The minimum Gasteiger partial charge on any atom is -0.374 e. The quantitative estimate of drug-likeness (QED) is 0.135. The van der Waals surface area contributed by atoms with Crippen molar-refractivity contribution in [1.82, 2.24) is 30.5 Å². The molecule has 5 N–H and O–H groups in total. The summed E-state index contributed by atoms with van der Waals surface area (Å²) in [5.74, 6) is -1.10. The highest BCUT2D eigenvalue weighted by atomic mass is 19.1. The maximum atomic E-state index is 15.2. The van der Waals surface area contributed by atoms with Gasteiger partial charge in [0.25, 0.3) is 5.56 Å². The molecule has 2 aliphatic heterocycles. The topological polar surface area (TPSA) is 164 Å². The van der Waals surface area contributed by atoms with E-state index in [0.29, 0.717) is 59.6 Å². The number of aromatic nitrogens is 3. The predicted molar refractivity (Wildman–Crippen MR) is 217 cm³/mol. The lowest BCUT2D eigenvalue weighted by Crippen LogP contribution is -2.52. The second kappa shape index (κ2) is 17.4. The van der Waals surface area contributed by atoms with Gasteiger partial charge in [-0.25, -0.2) is 18.7 Å². The maximum Gasteiger partial charge on any atom is 0.255 e. The van der Waals surface area contributed by atoms with E-state index in [-0.39, 0.29) is 59.2 Å². The number of halogens is 2. The number of nitrogens with zero attached hydrogens (tertiary/aromatic N) is 4. The third-order valence-electron chi connectivity index (χ3n) is 12.2. The minimum atomic E-state index is -0.565. The second-order valence-corrected chi connectivity index (χ2v) is 15.9. The molecule has 58 heavy (non-hydrogen) atoms. The standard InChI is InChI=1S/C43H49F2N9O4/c44-34-24-31(48-36-15-17-38(55)51-42(36)58)12-16-37(34)54-21-19-53(20-22-54)32-13-6-26(7-14-32)40(56)49-29-8-10-30(11-9-29)50-43-47-25-35(45)39(52-43)28-4-1-3-27(23-28)33-5-2-18-46-41(33)57/h1-5,12,16,18,23-26,29-30,32,36,48H,6-11,13-15,17,19-22H2,(H,46,57)(H,49,56)(H,47,50,52)(H,51,55,58)/t26-,29-,30-,32-,36-/m1/s1. The highest BCUT2D eigenvalue weighted by Crippen LogP contribution is 2.32. The Morgan fingerprint density at radius 1 is 0.776 bits per heavy atom. The molecule has 15 heteroatoms. The molecule has 0 unspecified atom stereocenters. The van der Waals surface area contributed by atoms with Crippen molar-refractivity contribution in [3.05, 3.63) is 89.0 Å². The fraction of sp³-hybridized carbons (Fsp3) is 0.442. The Hall–Kier alpha value is -5.70. The Labute approximate surface area is 335 Å². The summed E-state index contributed by atoms with van der Waals surface area (Å²) in [6, 6.07) is 15.5. The molecule has 2 saturated carbocycles. The first-order valence-corrected chi connectivity index (χ1v) is 20.4. The zero-order chi connectivity index (χ0) is 40.2. The summed E-state index contributed by atoms with van der Waals surface area (Å²) >= 11 is 0. The smallest absolute Gasteiger partial charge is 0.255 e. The van der Waals surface area contributed by atoms with Gasteiger partial charge in [-0.05, 0) is 99.7 Å². The van der Waals surface area contributed by atoms with Crippen molar-refractivity contribution in [2.45, 2.75) is 88.4 Å². The summed E-state index contributed by atoms with van der Waals surface area (Å²) in [6.45, 7) is 3.05. The molecule has 0 spiro atoms. The average molecular weight is 794 g/mol. The molecular weight excluding hydrogens is 745 g/mol. The molecular formula is C43H49F2N9O4. The fourth-order valence-electron chi connectivity index (χ4n) is 8.92. The summed E-state index contributed by atoms with van der Waals surface area (Å²) < 4.78 is 30.2. The number of rotatable bonds is 10. The third-order valence-corrected chi connectivity index (χ3v) is 12.2. The summed E-state index contributed by atoms with van der Waals surface area (Å²) in [7, 11) is 0. The van der Waals surface area contributed by atoms with E-state index in [1.807, 2.05) is 0 Å². The van der Waals surface area contributed by atoms with Gasteiger partial charge < -0.3 is 25.8 Å². The average Bonchev–Trinajstić information content (AvgIpc) is 3.24. The lowest BCUT2D eigenvalue weighted by Gasteiger charge is -2.42. The number of pyridine rings is 1. The second-order valence-electron chi connectivity index (χ2n) is 15.9. The molecule has 4 heterocycles. The number of piperazine rings is 1. The van der Waals surface area contributed by atoms with E-state index in [4.69, 9.17) is 0 Å². The Bertz CT molecular complexity index is 2190. The van der Waals surface area contributed by atoms with Gasteiger partial charge in [-0.1, -0.05) is 18.2 Å². The number of carbonyl (C=O) groups excluding carboxylic acids is 3. The normalized spacial score (nSPS) is 24.2. The Morgan fingerprint density at radius 3 is 2.28 bits per heavy atom. The Balaban J connectivity index is 0.760. The van der Waals surface area contributed by atoms with E-state index in [0.717, 1.165) is 64.5 Å². The van der Waals surface area contributed by atoms with E-state index in [1.165, 1.54) is 12.3 Å². The van der Waals surface area contributed by atoms with Gasteiger partial charge in [0, 0.05) is 79.7 Å². The van der Waals surface area contributed by atoms with Crippen molar-refractivity contribution >= 4 is 35.0 Å². The highest BCUT2D eigenvalue weighted by molar-refractivity contribution is 6.01. The number of imide groups is 1. The van der Waals surface area contributed by atoms with Gasteiger partial charge in [0.15, 0.2) is 5.82 Å². The van der Waals surface area contributed by atoms with Crippen LogP contribution in [-0.4, -0.2) is 87.9 Å². The SMILES string of the molecule is O=C1CC[C@@H](Nc2ccc(N3CCN([C@H]4CC[C@H](C(=O)N[C@H]5CC[C@H](Nc6ncc(F)c(-c7cccc(-c8ccc[nH]c8=O)c7)n6)CC5)CC4)CC3)c(F)c2)C(=O)N1. The summed E-state index contributed by atoms with van der Waals surface area (Å²) in [5, 5.41) is 12.1. The van der Waals surface area contributed by atoms with E-state index in [2.05, 4.69) is 46.0 Å². The number of anilines is 3. The van der Waals surface area contributed by atoms with Crippen LogP contribution in [0.25, 0.3) is 22.4 Å². The van der Waals surface area contributed by atoms with Crippen molar-refractivity contribution in [3.63, 3.8) is 0 Å². The predicted octanol–water partition coefficient (Wildman–Crippen LogP) is 5.21. The molecule has 2 aliphatic carbocycles. The van der Waals surface area contributed by atoms with Crippen LogP contribution in [0, 0.1) is 17.6 Å². The lowest BCUT2D eigenvalue weighted by atomic mass is 9.83. The van der Waals surface area contributed by atoms with Crippen LogP contribution in [0.15, 0.2) is 71.8 Å². The molecule has 2 aromatic heterocycles. The summed E-state index contributed by atoms with van der Waals surface area (Å²) in [6.07, 6.45) is 10.3. The van der Waals surface area contributed by atoms with E-state index in [9.17, 15) is 23.6 Å². The Kier molecular flexibility index (Phi) is 11.8. The van der Waals surface area contributed by atoms with Crippen LogP contribution >= 0.6 is 0 Å². The third kappa shape index (κ3) is 9.04. The number of benzene rings is 2. The van der Waals surface area contributed by atoms with Crippen molar-refractivity contribution < 1.29 is 23.2 Å². The minimum absolute atomic E-state index is 0.000397. The van der Waals surface area contributed by atoms with Gasteiger partial charge >= 0.3 is 0 Å². The first-order chi connectivity index (χ1) is 28.2. The molecule has 2 aromatic carbocycles. The molecule has 3 amide bonds. The zero-order valence-corrected chi connectivity index (χ0v) is 32.3. The number of carbonyl (C=O) groups is 3. The van der Waals surface area contributed by atoms with E-state index < -0.39 is 11.9 Å². The molecule has 0 radical (unpaired) electrons. The van der Waals surface area contributed by atoms with Gasteiger partial charge in [-0.3, -0.25) is 29.4 Å². The highest BCUT2D eigenvalue weighted by Gasteiger charge is 2.33. The van der Waals surface area contributed by atoms with Crippen molar-refractivity contribution in [2.75, 3.05) is 41.7 Å². The molecule has 2 saturated heterocycles. The van der Waals surface area contributed by atoms with Crippen LogP contribution in [0.3, 0.4) is 0 Å². The molecule has 8 rings (SSSR count). The van der Waals surface area contributed by atoms with Crippen LogP contribution in [0.1, 0.15) is 64.2 Å². The molecule has 304 valence electrons. The van der Waals surface area contributed by atoms with Crippen molar-refractivity contribution in [2.24, 2.45) is 5.92 Å². The number of nitrogens with one attached hydrogen (secondary N) is 5. The molecule has 0 bridgehead atoms. The van der Waals surface area contributed by atoms with Gasteiger partial charge in [-0.15, -0.1) is 0 Å². The number of hydrogen-bond donors (Lipinski definition) is 5. The summed E-state index contributed by atoms with van der Waals surface area (Å²) in [4.78, 5) is 65.2. The molecule has 4 aliphatic rings. The van der Waals surface area contributed by atoms with Crippen molar-refractivity contribution in [1.29, 1.82) is 0 Å². The molecule has 4 aromatic rings. The van der Waals surface area contributed by atoms with Crippen LogP contribution in [-0.2, 0) is 14.4 Å². The van der Waals surface area contributed by atoms with Crippen molar-refractivity contribution in [3.8, 4) is 22.4 Å². The largest absolute Gasteiger partial charge is 0.374 e. The van der Waals surface area contributed by atoms with Gasteiger partial charge in [0.05, 0.1) is 11.9 Å². The maximum absolute atomic E-state index is 15.2.